The average Bonchev–Trinajstić information content (AvgIpc) is 2.09. The van der Waals surface area contributed by atoms with Gasteiger partial charge in [0.05, 0.1) is 0 Å². The first-order valence-corrected chi connectivity index (χ1v) is 5.40. The van der Waals surface area contributed by atoms with Gasteiger partial charge in [-0.25, -0.2) is 4.79 Å². The highest BCUT2D eigenvalue weighted by atomic mass is 16.4. The SMILES string of the molecule is CC(=O)NC1(C(=O)O)CCC(C)CC1C. The highest BCUT2D eigenvalue weighted by molar-refractivity contribution is 5.86. The van der Waals surface area contributed by atoms with Gasteiger partial charge in [0.1, 0.15) is 5.54 Å². The first-order valence-electron chi connectivity index (χ1n) is 5.40. The van der Waals surface area contributed by atoms with Crippen LogP contribution in [0.3, 0.4) is 0 Å². The van der Waals surface area contributed by atoms with Crippen LogP contribution in [0.15, 0.2) is 0 Å². The lowest BCUT2D eigenvalue weighted by atomic mass is 9.70. The maximum absolute atomic E-state index is 11.3. The van der Waals surface area contributed by atoms with Crippen LogP contribution in [0.1, 0.15) is 40.0 Å². The lowest BCUT2D eigenvalue weighted by Crippen LogP contribution is -2.60. The third-order valence-corrected chi connectivity index (χ3v) is 3.41. The molecule has 0 heterocycles. The molecule has 0 aromatic carbocycles. The molecule has 1 fully saturated rings. The minimum Gasteiger partial charge on any atom is -0.479 e. The van der Waals surface area contributed by atoms with Gasteiger partial charge in [0.2, 0.25) is 5.91 Å². The highest BCUT2D eigenvalue weighted by Gasteiger charge is 2.47. The summed E-state index contributed by atoms with van der Waals surface area (Å²) in [6.45, 7) is 5.39. The zero-order valence-corrected chi connectivity index (χ0v) is 9.54. The number of nitrogens with one attached hydrogen (secondary N) is 1. The van der Waals surface area contributed by atoms with Gasteiger partial charge in [-0.15, -0.1) is 0 Å². The quantitative estimate of drug-likeness (QED) is 0.728. The number of hydrogen-bond donors (Lipinski definition) is 2. The van der Waals surface area contributed by atoms with Crippen molar-refractivity contribution < 1.29 is 14.7 Å². The van der Waals surface area contributed by atoms with Crippen LogP contribution < -0.4 is 5.32 Å². The number of carbonyl (C=O) groups excluding carboxylic acids is 1. The van der Waals surface area contributed by atoms with Crippen molar-refractivity contribution in [2.24, 2.45) is 11.8 Å². The topological polar surface area (TPSA) is 66.4 Å². The largest absolute Gasteiger partial charge is 0.479 e. The summed E-state index contributed by atoms with van der Waals surface area (Å²) in [6.07, 6.45) is 2.24. The molecule has 0 bridgehead atoms. The van der Waals surface area contributed by atoms with Crippen LogP contribution in [0.5, 0.6) is 0 Å². The number of carboxylic acid groups (broad SMARTS) is 1. The van der Waals surface area contributed by atoms with Gasteiger partial charge in [-0.3, -0.25) is 4.79 Å². The Labute approximate surface area is 90.0 Å². The molecular weight excluding hydrogens is 194 g/mol. The van der Waals surface area contributed by atoms with Crippen LogP contribution in [-0.4, -0.2) is 22.5 Å². The van der Waals surface area contributed by atoms with E-state index in [4.69, 9.17) is 0 Å². The summed E-state index contributed by atoms with van der Waals surface area (Å²) in [5, 5.41) is 11.9. The molecule has 1 saturated carbocycles. The summed E-state index contributed by atoms with van der Waals surface area (Å²) in [6, 6.07) is 0. The minimum atomic E-state index is -1.04. The Bertz CT molecular complexity index is 277. The standard InChI is InChI=1S/C11H19NO3/c1-7-4-5-11(10(14)15,8(2)6-7)12-9(3)13/h7-8H,4-6H2,1-3H3,(H,12,13)(H,14,15). The zero-order chi connectivity index (χ0) is 11.6. The molecule has 15 heavy (non-hydrogen) atoms. The predicted octanol–water partition coefficient (Wildman–Crippen LogP) is 1.40. The second kappa shape index (κ2) is 4.21. The molecule has 0 spiro atoms. The highest BCUT2D eigenvalue weighted by Crippen LogP contribution is 2.36. The molecule has 1 aliphatic carbocycles. The molecule has 1 rings (SSSR count). The zero-order valence-electron chi connectivity index (χ0n) is 9.54. The van der Waals surface area contributed by atoms with Gasteiger partial charge in [0.25, 0.3) is 0 Å². The number of amides is 1. The fourth-order valence-electron chi connectivity index (χ4n) is 2.51. The van der Waals surface area contributed by atoms with Gasteiger partial charge in [-0.1, -0.05) is 13.8 Å². The number of carboxylic acids is 1. The second-order valence-electron chi connectivity index (χ2n) is 4.74. The Kier molecular flexibility index (Phi) is 3.37. The molecular formula is C11H19NO3. The minimum absolute atomic E-state index is 0.0114. The first-order chi connectivity index (χ1) is 6.88. The molecule has 4 heteroatoms. The van der Waals surface area contributed by atoms with Crippen molar-refractivity contribution in [1.29, 1.82) is 0 Å². The van der Waals surface area contributed by atoms with E-state index in [0.717, 1.165) is 12.8 Å². The van der Waals surface area contributed by atoms with E-state index in [1.807, 2.05) is 6.92 Å². The van der Waals surface area contributed by atoms with Gasteiger partial charge in [-0.2, -0.15) is 0 Å². The molecule has 0 aliphatic heterocycles. The van der Waals surface area contributed by atoms with Crippen molar-refractivity contribution in [3.63, 3.8) is 0 Å². The van der Waals surface area contributed by atoms with E-state index in [1.165, 1.54) is 6.92 Å². The smallest absolute Gasteiger partial charge is 0.329 e. The summed E-state index contributed by atoms with van der Waals surface area (Å²) < 4.78 is 0. The van der Waals surface area contributed by atoms with Gasteiger partial charge < -0.3 is 10.4 Å². The van der Waals surface area contributed by atoms with Crippen molar-refractivity contribution in [3.8, 4) is 0 Å². The molecule has 2 N–H and O–H groups in total. The number of rotatable bonds is 2. The van der Waals surface area contributed by atoms with Crippen molar-refractivity contribution in [2.45, 2.75) is 45.6 Å². The normalized spacial score (nSPS) is 35.9. The van der Waals surface area contributed by atoms with E-state index in [9.17, 15) is 14.7 Å². The van der Waals surface area contributed by atoms with E-state index >= 15 is 0 Å². The van der Waals surface area contributed by atoms with Crippen LogP contribution in [0.4, 0.5) is 0 Å². The molecule has 3 atom stereocenters. The van der Waals surface area contributed by atoms with E-state index in [2.05, 4.69) is 12.2 Å². The summed E-state index contributed by atoms with van der Waals surface area (Å²) in [5.74, 6) is -0.639. The Morgan fingerprint density at radius 2 is 2.00 bits per heavy atom. The summed E-state index contributed by atoms with van der Waals surface area (Å²) in [7, 11) is 0. The van der Waals surface area contributed by atoms with E-state index < -0.39 is 11.5 Å². The average molecular weight is 213 g/mol. The predicted molar refractivity (Wildman–Crippen MR) is 56.4 cm³/mol. The van der Waals surface area contributed by atoms with Crippen LogP contribution >= 0.6 is 0 Å². The van der Waals surface area contributed by atoms with Gasteiger partial charge in [-0.05, 0) is 31.1 Å². The van der Waals surface area contributed by atoms with Crippen molar-refractivity contribution >= 4 is 11.9 Å². The van der Waals surface area contributed by atoms with Crippen LogP contribution in [0.25, 0.3) is 0 Å². The lowest BCUT2D eigenvalue weighted by Gasteiger charge is -2.41. The van der Waals surface area contributed by atoms with E-state index in [1.54, 1.807) is 0 Å². The maximum atomic E-state index is 11.3. The van der Waals surface area contributed by atoms with Crippen LogP contribution in [-0.2, 0) is 9.59 Å². The molecule has 3 unspecified atom stereocenters. The number of hydrogen-bond acceptors (Lipinski definition) is 2. The molecule has 0 radical (unpaired) electrons. The monoisotopic (exact) mass is 213 g/mol. The van der Waals surface area contributed by atoms with E-state index in [-0.39, 0.29) is 11.8 Å². The molecule has 0 saturated heterocycles. The third-order valence-electron chi connectivity index (χ3n) is 3.41. The van der Waals surface area contributed by atoms with Crippen LogP contribution in [0, 0.1) is 11.8 Å². The summed E-state index contributed by atoms with van der Waals surface area (Å²) >= 11 is 0. The third kappa shape index (κ3) is 2.30. The fourth-order valence-corrected chi connectivity index (χ4v) is 2.51. The van der Waals surface area contributed by atoms with Gasteiger partial charge >= 0.3 is 5.97 Å². The van der Waals surface area contributed by atoms with Crippen molar-refractivity contribution in [1.82, 2.24) is 5.32 Å². The van der Waals surface area contributed by atoms with Crippen molar-refractivity contribution in [2.75, 3.05) is 0 Å². The fraction of sp³-hybridized carbons (Fsp3) is 0.818. The number of carbonyl (C=O) groups is 2. The summed E-state index contributed by atoms with van der Waals surface area (Å²) in [4.78, 5) is 22.4. The maximum Gasteiger partial charge on any atom is 0.329 e. The number of aliphatic carboxylic acids is 1. The molecule has 86 valence electrons. The van der Waals surface area contributed by atoms with Crippen LogP contribution in [0.2, 0.25) is 0 Å². The molecule has 1 aliphatic rings. The lowest BCUT2D eigenvalue weighted by molar-refractivity contribution is -0.152. The molecule has 0 aromatic heterocycles. The molecule has 0 aromatic rings. The Hall–Kier alpha value is -1.06. The van der Waals surface area contributed by atoms with E-state index in [0.29, 0.717) is 12.3 Å². The van der Waals surface area contributed by atoms with Gasteiger partial charge in [0, 0.05) is 6.92 Å². The second-order valence-corrected chi connectivity index (χ2v) is 4.74. The Morgan fingerprint density at radius 3 is 2.40 bits per heavy atom. The molecule has 4 nitrogen and oxygen atoms in total. The molecule has 1 amide bonds. The Morgan fingerprint density at radius 1 is 1.40 bits per heavy atom. The summed E-state index contributed by atoms with van der Waals surface area (Å²) in [5.41, 5.74) is -1.04. The first kappa shape index (κ1) is 12.0. The van der Waals surface area contributed by atoms with Gasteiger partial charge in [0.15, 0.2) is 0 Å². The Balaban J connectivity index is 2.90. The van der Waals surface area contributed by atoms with Crippen molar-refractivity contribution in [3.05, 3.63) is 0 Å².